The van der Waals surface area contributed by atoms with Gasteiger partial charge in [0.2, 0.25) is 0 Å². The van der Waals surface area contributed by atoms with Crippen LogP contribution >= 0.6 is 0 Å². The summed E-state index contributed by atoms with van der Waals surface area (Å²) in [4.78, 5) is 14.3. The first kappa shape index (κ1) is 17.9. The Morgan fingerprint density at radius 2 is 1.79 bits per heavy atom. The van der Waals surface area contributed by atoms with E-state index < -0.39 is 0 Å². The van der Waals surface area contributed by atoms with Gasteiger partial charge in [-0.2, -0.15) is 5.26 Å². The van der Waals surface area contributed by atoms with Crippen LogP contribution in [-0.2, 0) is 12.0 Å². The lowest BCUT2D eigenvalue weighted by Crippen LogP contribution is -2.25. The molecule has 0 radical (unpaired) electrons. The standard InChI is InChI=1S/C21H24N2O/c1-21(2,3)19-10-8-16(9-11-19)14-23(4)15-20(24)18-7-5-6-17(12-18)13-22/h5-12H,14-15H2,1-4H3. The van der Waals surface area contributed by atoms with Crippen molar-refractivity contribution >= 4 is 5.78 Å². The summed E-state index contributed by atoms with van der Waals surface area (Å²) in [5.41, 5.74) is 3.74. The summed E-state index contributed by atoms with van der Waals surface area (Å²) in [5.74, 6) is 0.0286. The third-order valence-electron chi connectivity index (χ3n) is 4.00. The summed E-state index contributed by atoms with van der Waals surface area (Å²) in [5, 5.41) is 8.93. The molecule has 0 aromatic heterocycles. The second-order valence-corrected chi connectivity index (χ2v) is 7.23. The van der Waals surface area contributed by atoms with Crippen molar-refractivity contribution in [3.05, 3.63) is 70.8 Å². The van der Waals surface area contributed by atoms with E-state index in [0.717, 1.165) is 0 Å². The van der Waals surface area contributed by atoms with Crippen molar-refractivity contribution in [1.82, 2.24) is 4.90 Å². The van der Waals surface area contributed by atoms with E-state index in [1.807, 2.05) is 11.9 Å². The van der Waals surface area contributed by atoms with Gasteiger partial charge in [0.1, 0.15) is 0 Å². The number of Topliss-reactive ketones (excluding diaryl/α,β-unsaturated/α-hetero) is 1. The Labute approximate surface area is 144 Å². The molecule has 2 aromatic carbocycles. The Morgan fingerprint density at radius 1 is 1.12 bits per heavy atom. The van der Waals surface area contributed by atoms with E-state index in [2.05, 4.69) is 51.1 Å². The van der Waals surface area contributed by atoms with Gasteiger partial charge in [-0.1, -0.05) is 57.2 Å². The molecule has 0 saturated carbocycles. The first-order valence-electron chi connectivity index (χ1n) is 8.11. The van der Waals surface area contributed by atoms with E-state index in [0.29, 0.717) is 24.2 Å². The molecule has 2 aromatic rings. The van der Waals surface area contributed by atoms with Crippen molar-refractivity contribution in [3.63, 3.8) is 0 Å². The van der Waals surface area contributed by atoms with Crippen LogP contribution in [0.2, 0.25) is 0 Å². The molecule has 2 rings (SSSR count). The molecule has 24 heavy (non-hydrogen) atoms. The molecule has 0 aliphatic carbocycles. The van der Waals surface area contributed by atoms with E-state index in [1.165, 1.54) is 11.1 Å². The summed E-state index contributed by atoms with van der Waals surface area (Å²) in [6, 6.07) is 17.5. The highest BCUT2D eigenvalue weighted by molar-refractivity contribution is 5.97. The fourth-order valence-corrected chi connectivity index (χ4v) is 2.58. The normalized spacial score (nSPS) is 11.3. The van der Waals surface area contributed by atoms with Crippen LogP contribution in [0.4, 0.5) is 0 Å². The van der Waals surface area contributed by atoms with Crippen molar-refractivity contribution in [2.24, 2.45) is 0 Å². The van der Waals surface area contributed by atoms with Crippen molar-refractivity contribution in [3.8, 4) is 6.07 Å². The number of rotatable bonds is 5. The van der Waals surface area contributed by atoms with E-state index >= 15 is 0 Å². The minimum atomic E-state index is 0.0286. The zero-order chi connectivity index (χ0) is 17.7. The second-order valence-electron chi connectivity index (χ2n) is 7.23. The average Bonchev–Trinajstić information content (AvgIpc) is 2.54. The first-order chi connectivity index (χ1) is 11.3. The summed E-state index contributed by atoms with van der Waals surface area (Å²) in [6.07, 6.45) is 0. The summed E-state index contributed by atoms with van der Waals surface area (Å²) in [6.45, 7) is 7.64. The number of carbonyl (C=O) groups excluding carboxylic acids is 1. The molecular weight excluding hydrogens is 296 g/mol. The van der Waals surface area contributed by atoms with Crippen LogP contribution in [0.3, 0.4) is 0 Å². The number of nitrogens with zero attached hydrogens (tertiary/aromatic N) is 2. The lowest BCUT2D eigenvalue weighted by Gasteiger charge is -2.20. The second kappa shape index (κ2) is 7.42. The van der Waals surface area contributed by atoms with Crippen molar-refractivity contribution in [2.75, 3.05) is 13.6 Å². The molecule has 0 spiro atoms. The van der Waals surface area contributed by atoms with Gasteiger partial charge in [0.15, 0.2) is 5.78 Å². The number of hydrogen-bond acceptors (Lipinski definition) is 3. The average molecular weight is 320 g/mol. The molecular formula is C21H24N2O. The molecule has 0 unspecified atom stereocenters. The zero-order valence-electron chi connectivity index (χ0n) is 14.8. The Bertz CT molecular complexity index is 749. The van der Waals surface area contributed by atoms with Crippen LogP contribution in [0, 0.1) is 11.3 Å². The highest BCUT2D eigenvalue weighted by Crippen LogP contribution is 2.22. The monoisotopic (exact) mass is 320 g/mol. The molecule has 0 amide bonds. The van der Waals surface area contributed by atoms with E-state index in [4.69, 9.17) is 5.26 Å². The van der Waals surface area contributed by atoms with Gasteiger partial charge in [-0.3, -0.25) is 9.69 Å². The molecule has 0 fully saturated rings. The predicted molar refractivity (Wildman–Crippen MR) is 97.0 cm³/mol. The SMILES string of the molecule is CN(CC(=O)c1cccc(C#N)c1)Cc1ccc(C(C)(C)C)cc1. The fraction of sp³-hybridized carbons (Fsp3) is 0.333. The molecule has 0 N–H and O–H groups in total. The number of carbonyl (C=O) groups is 1. The van der Waals surface area contributed by atoms with Gasteiger partial charge in [0.25, 0.3) is 0 Å². The third kappa shape index (κ3) is 4.78. The molecule has 0 aliphatic rings. The number of ketones is 1. The topological polar surface area (TPSA) is 44.1 Å². The van der Waals surface area contributed by atoms with Crippen LogP contribution in [0.15, 0.2) is 48.5 Å². The van der Waals surface area contributed by atoms with Crippen molar-refractivity contribution in [2.45, 2.75) is 32.7 Å². The Kier molecular flexibility index (Phi) is 5.54. The van der Waals surface area contributed by atoms with Gasteiger partial charge in [0, 0.05) is 12.1 Å². The molecule has 3 heteroatoms. The van der Waals surface area contributed by atoms with Gasteiger partial charge < -0.3 is 0 Å². The Morgan fingerprint density at radius 3 is 2.38 bits per heavy atom. The summed E-state index contributed by atoms with van der Waals surface area (Å²) >= 11 is 0. The third-order valence-corrected chi connectivity index (χ3v) is 4.00. The maximum absolute atomic E-state index is 12.3. The lowest BCUT2D eigenvalue weighted by atomic mass is 9.87. The maximum Gasteiger partial charge on any atom is 0.176 e. The van der Waals surface area contributed by atoms with Gasteiger partial charge in [0.05, 0.1) is 18.2 Å². The fourth-order valence-electron chi connectivity index (χ4n) is 2.58. The van der Waals surface area contributed by atoms with Crippen LogP contribution in [0.25, 0.3) is 0 Å². The minimum Gasteiger partial charge on any atom is -0.295 e. The van der Waals surface area contributed by atoms with Crippen LogP contribution in [0.5, 0.6) is 0 Å². The Balaban J connectivity index is 1.98. The molecule has 0 heterocycles. The van der Waals surface area contributed by atoms with E-state index in [9.17, 15) is 4.79 Å². The number of hydrogen-bond donors (Lipinski definition) is 0. The quantitative estimate of drug-likeness (QED) is 0.777. The minimum absolute atomic E-state index is 0.0286. The van der Waals surface area contributed by atoms with Crippen LogP contribution < -0.4 is 0 Å². The Hall–Kier alpha value is -2.44. The molecule has 124 valence electrons. The predicted octanol–water partition coefficient (Wildman–Crippen LogP) is 4.17. The molecule has 0 saturated heterocycles. The van der Waals surface area contributed by atoms with E-state index in [-0.39, 0.29) is 11.2 Å². The number of benzene rings is 2. The highest BCUT2D eigenvalue weighted by atomic mass is 16.1. The van der Waals surface area contributed by atoms with Crippen LogP contribution in [-0.4, -0.2) is 24.3 Å². The smallest absolute Gasteiger partial charge is 0.176 e. The first-order valence-corrected chi connectivity index (χ1v) is 8.11. The van der Waals surface area contributed by atoms with E-state index in [1.54, 1.807) is 24.3 Å². The largest absolute Gasteiger partial charge is 0.295 e. The molecule has 3 nitrogen and oxygen atoms in total. The molecule has 0 atom stereocenters. The van der Waals surface area contributed by atoms with Crippen molar-refractivity contribution < 1.29 is 4.79 Å². The molecule has 0 bridgehead atoms. The van der Waals surface area contributed by atoms with Crippen molar-refractivity contribution in [1.29, 1.82) is 5.26 Å². The van der Waals surface area contributed by atoms with Gasteiger partial charge >= 0.3 is 0 Å². The summed E-state index contributed by atoms with van der Waals surface area (Å²) in [7, 11) is 1.93. The lowest BCUT2D eigenvalue weighted by molar-refractivity contribution is 0.0943. The number of nitriles is 1. The highest BCUT2D eigenvalue weighted by Gasteiger charge is 2.14. The van der Waals surface area contributed by atoms with Crippen LogP contribution in [0.1, 0.15) is 47.8 Å². The van der Waals surface area contributed by atoms with Gasteiger partial charge in [-0.05, 0) is 35.7 Å². The summed E-state index contributed by atoms with van der Waals surface area (Å²) < 4.78 is 0. The maximum atomic E-state index is 12.3. The van der Waals surface area contributed by atoms with Gasteiger partial charge in [-0.15, -0.1) is 0 Å². The molecule has 0 aliphatic heterocycles. The number of likely N-dealkylation sites (N-methyl/N-ethyl adjacent to an activating group) is 1. The van der Waals surface area contributed by atoms with Gasteiger partial charge in [-0.25, -0.2) is 0 Å². The zero-order valence-corrected chi connectivity index (χ0v) is 14.8.